The maximum atomic E-state index is 13.3. The molecule has 0 aliphatic heterocycles. The van der Waals surface area contributed by atoms with Crippen LogP contribution < -0.4 is 5.11 Å². The van der Waals surface area contributed by atoms with Crippen molar-refractivity contribution in [2.75, 3.05) is 19.8 Å². The van der Waals surface area contributed by atoms with Crippen LogP contribution in [-0.2, 0) is 68.9 Å². The number of carbonyl (C=O) groups excluding carboxylic acids is 4. The molecule has 0 heterocycles. The number of benzene rings is 3. The Labute approximate surface area is 356 Å². The maximum Gasteiger partial charge on any atom is 0.306 e. The van der Waals surface area contributed by atoms with E-state index in [1.807, 2.05) is 98.7 Å². The monoisotopic (exact) mass is 831 g/mol. The molecule has 0 atom stereocenters. The van der Waals surface area contributed by atoms with Crippen LogP contribution in [0.1, 0.15) is 144 Å². The van der Waals surface area contributed by atoms with Gasteiger partial charge in [-0.05, 0) is 119 Å². The Balaban J connectivity index is 1.82. The van der Waals surface area contributed by atoms with E-state index in [1.54, 1.807) is 20.8 Å². The van der Waals surface area contributed by atoms with Crippen molar-refractivity contribution < 1.29 is 53.8 Å². The first-order valence-corrected chi connectivity index (χ1v) is 20.8. The van der Waals surface area contributed by atoms with Crippen LogP contribution in [0.3, 0.4) is 0 Å². The average Bonchev–Trinajstić information content (AvgIpc) is 3.13. The lowest BCUT2D eigenvalue weighted by Gasteiger charge is -2.32. The highest BCUT2D eigenvalue weighted by Crippen LogP contribution is 2.37. The van der Waals surface area contributed by atoms with E-state index < -0.39 is 55.5 Å². The molecule has 0 saturated carbocycles. The third-order valence-corrected chi connectivity index (χ3v) is 10.8. The van der Waals surface area contributed by atoms with E-state index in [1.165, 1.54) is 0 Å². The van der Waals surface area contributed by atoms with Crippen molar-refractivity contribution in [3.8, 4) is 17.2 Å². The highest BCUT2D eigenvalue weighted by molar-refractivity contribution is 5.71. The number of aromatic hydroxyl groups is 3. The summed E-state index contributed by atoms with van der Waals surface area (Å²) < 4.78 is 17.2. The molecular weight excluding hydrogens is 765 g/mol. The van der Waals surface area contributed by atoms with Gasteiger partial charge in [0.05, 0.1) is 5.41 Å². The molecule has 3 N–H and O–H groups in total. The van der Waals surface area contributed by atoms with Crippen LogP contribution in [-0.4, -0.2) is 59.0 Å². The van der Waals surface area contributed by atoms with Gasteiger partial charge in [-0.25, -0.2) is 0 Å². The van der Waals surface area contributed by atoms with Gasteiger partial charge in [-0.15, -0.1) is 0 Å². The van der Waals surface area contributed by atoms with Gasteiger partial charge in [0.1, 0.15) is 37.1 Å². The zero-order valence-electron chi connectivity index (χ0n) is 37.8. The van der Waals surface area contributed by atoms with Crippen molar-refractivity contribution in [1.82, 2.24) is 0 Å². The van der Waals surface area contributed by atoms with Crippen molar-refractivity contribution in [2.45, 2.75) is 151 Å². The minimum Gasteiger partial charge on any atom is -0.550 e. The third kappa shape index (κ3) is 14.3. The molecule has 0 aliphatic carbocycles. The van der Waals surface area contributed by atoms with Crippen LogP contribution in [0.15, 0.2) is 36.4 Å². The van der Waals surface area contributed by atoms with E-state index in [2.05, 4.69) is 0 Å². The molecule has 0 aliphatic rings. The van der Waals surface area contributed by atoms with Gasteiger partial charge in [0, 0.05) is 25.2 Å². The summed E-state index contributed by atoms with van der Waals surface area (Å²) >= 11 is 0. The molecule has 3 aromatic carbocycles. The lowest BCUT2D eigenvalue weighted by molar-refractivity contribution is -0.306. The molecule has 0 amide bonds. The van der Waals surface area contributed by atoms with Gasteiger partial charge in [0.25, 0.3) is 0 Å². The Morgan fingerprint density at radius 3 is 0.983 bits per heavy atom. The second-order valence-corrected chi connectivity index (χ2v) is 19.5. The summed E-state index contributed by atoms with van der Waals surface area (Å²) in [5, 5.41) is 43.8. The van der Waals surface area contributed by atoms with E-state index in [4.69, 9.17) is 14.2 Å². The molecule has 0 bridgehead atoms. The van der Waals surface area contributed by atoms with E-state index in [-0.39, 0.29) is 59.2 Å². The number of carboxylic acids is 1. The van der Waals surface area contributed by atoms with Gasteiger partial charge in [-0.1, -0.05) is 98.7 Å². The van der Waals surface area contributed by atoms with E-state index >= 15 is 0 Å². The molecule has 3 aromatic rings. The van der Waals surface area contributed by atoms with Gasteiger partial charge < -0.3 is 39.4 Å². The molecule has 0 fully saturated rings. The standard InChI is InChI=1S/C49H68O11/c1-30-21-33(24-36(43(30)55)46(4,5)6)13-16-40(52)58-27-49(20-19-39(50)51,28-59-41(53)17-14-34-22-31(2)44(56)37(25-34)47(7,8)9)29-60-42(54)18-15-35-23-32(3)45(57)38(26-35)48(10,11)12/h21-26,55-57H,13-20,27-29H2,1-12H3,(H,50,51)/p-1. The fourth-order valence-electron chi connectivity index (χ4n) is 7.08. The summed E-state index contributed by atoms with van der Waals surface area (Å²) in [5.74, 6) is -2.55. The second-order valence-electron chi connectivity index (χ2n) is 19.5. The fourth-order valence-corrected chi connectivity index (χ4v) is 7.08. The van der Waals surface area contributed by atoms with Crippen LogP contribution in [0.4, 0.5) is 0 Å². The summed E-state index contributed by atoms with van der Waals surface area (Å²) in [6.07, 6.45) is 0.147. The number of aryl methyl sites for hydroxylation is 6. The van der Waals surface area contributed by atoms with Crippen molar-refractivity contribution in [1.29, 1.82) is 0 Å². The molecule has 11 heteroatoms. The largest absolute Gasteiger partial charge is 0.550 e. The van der Waals surface area contributed by atoms with Gasteiger partial charge >= 0.3 is 17.9 Å². The maximum absolute atomic E-state index is 13.3. The highest BCUT2D eigenvalue weighted by atomic mass is 16.6. The highest BCUT2D eigenvalue weighted by Gasteiger charge is 2.36. The summed E-state index contributed by atoms with van der Waals surface area (Å²) in [4.78, 5) is 51.6. The van der Waals surface area contributed by atoms with E-state index in [0.29, 0.717) is 36.0 Å². The predicted octanol–water partition coefficient (Wildman–Crippen LogP) is 7.97. The molecule has 0 radical (unpaired) electrons. The first-order chi connectivity index (χ1) is 27.6. The Kier molecular flexibility index (Phi) is 16.4. The normalized spacial score (nSPS) is 12.3. The minimum absolute atomic E-state index is 0.0326. The molecule has 0 saturated heterocycles. The van der Waals surface area contributed by atoms with Crippen molar-refractivity contribution in [2.24, 2.45) is 5.41 Å². The second kappa shape index (κ2) is 20.0. The Bertz CT molecular complexity index is 1810. The quantitative estimate of drug-likeness (QED) is 0.0836. The lowest BCUT2D eigenvalue weighted by atomic mass is 9.83. The smallest absolute Gasteiger partial charge is 0.306 e. The number of aliphatic carboxylic acids is 1. The zero-order valence-corrected chi connectivity index (χ0v) is 37.8. The van der Waals surface area contributed by atoms with Crippen LogP contribution in [0.5, 0.6) is 17.2 Å². The van der Waals surface area contributed by atoms with E-state index in [9.17, 15) is 39.6 Å². The Morgan fingerprint density at radius 2 is 0.750 bits per heavy atom. The van der Waals surface area contributed by atoms with Gasteiger partial charge in [-0.2, -0.15) is 0 Å². The number of hydrogen-bond acceptors (Lipinski definition) is 11. The molecule has 0 spiro atoms. The lowest BCUT2D eigenvalue weighted by Crippen LogP contribution is -2.41. The Morgan fingerprint density at radius 1 is 0.483 bits per heavy atom. The SMILES string of the molecule is Cc1cc(CCC(=O)OCC(CCC(=O)[O-])(COC(=O)CCc2cc(C)c(O)c(C(C)(C)C)c2)COC(=O)CCc2cc(C)c(O)c(C(C)(C)C)c2)cc(C(C)(C)C)c1O. The summed E-state index contributed by atoms with van der Waals surface area (Å²) in [6, 6.07) is 11.0. The topological polar surface area (TPSA) is 180 Å². The summed E-state index contributed by atoms with van der Waals surface area (Å²) in [6.45, 7) is 22.1. The molecular formula is C49H67O11-. The minimum atomic E-state index is -1.42. The van der Waals surface area contributed by atoms with Crippen LogP contribution >= 0.6 is 0 Å². The molecule has 3 rings (SSSR count). The number of phenolic OH excluding ortho intramolecular Hbond substituents is 3. The number of phenols is 3. The van der Waals surface area contributed by atoms with Crippen molar-refractivity contribution >= 4 is 23.9 Å². The predicted molar refractivity (Wildman–Crippen MR) is 229 cm³/mol. The molecule has 60 heavy (non-hydrogen) atoms. The fraction of sp³-hybridized carbons (Fsp3) is 0.551. The number of carboxylic acid groups (broad SMARTS) is 1. The van der Waals surface area contributed by atoms with E-state index in [0.717, 1.165) is 33.4 Å². The van der Waals surface area contributed by atoms with Crippen LogP contribution in [0, 0.1) is 26.2 Å². The molecule has 0 unspecified atom stereocenters. The van der Waals surface area contributed by atoms with Crippen molar-refractivity contribution in [3.63, 3.8) is 0 Å². The number of hydrogen-bond donors (Lipinski definition) is 3. The number of carbonyl (C=O) groups is 4. The average molecular weight is 832 g/mol. The van der Waals surface area contributed by atoms with Crippen LogP contribution in [0.2, 0.25) is 0 Å². The summed E-state index contributed by atoms with van der Waals surface area (Å²) in [5.41, 5.74) is 4.35. The van der Waals surface area contributed by atoms with Gasteiger partial charge in [0.2, 0.25) is 0 Å². The Hall–Kier alpha value is -5.06. The summed E-state index contributed by atoms with van der Waals surface area (Å²) in [7, 11) is 0. The van der Waals surface area contributed by atoms with Gasteiger partial charge in [-0.3, -0.25) is 14.4 Å². The molecule has 11 nitrogen and oxygen atoms in total. The molecule has 330 valence electrons. The first kappa shape index (κ1) is 49.3. The zero-order chi connectivity index (χ0) is 45.4. The van der Waals surface area contributed by atoms with Crippen molar-refractivity contribution in [3.05, 3.63) is 86.5 Å². The third-order valence-electron chi connectivity index (χ3n) is 10.8. The number of esters is 3. The molecule has 0 aromatic heterocycles. The van der Waals surface area contributed by atoms with Crippen LogP contribution in [0.25, 0.3) is 0 Å². The number of ether oxygens (including phenoxy) is 3. The number of rotatable bonds is 18. The first-order valence-electron chi connectivity index (χ1n) is 20.8. The van der Waals surface area contributed by atoms with Gasteiger partial charge in [0.15, 0.2) is 0 Å².